The summed E-state index contributed by atoms with van der Waals surface area (Å²) >= 11 is 0. The van der Waals surface area contributed by atoms with Crippen LogP contribution in [0.4, 0.5) is 11.4 Å². The van der Waals surface area contributed by atoms with Gasteiger partial charge in [0.1, 0.15) is 17.9 Å². The Labute approximate surface area is 103 Å². The van der Waals surface area contributed by atoms with Crippen LogP contribution in [0.5, 0.6) is 0 Å². The maximum Gasteiger partial charge on any atom is 0.326 e. The van der Waals surface area contributed by atoms with Crippen LogP contribution in [0.3, 0.4) is 0 Å². The largest absolute Gasteiger partial charge is 0.480 e. The Morgan fingerprint density at radius 3 is 2.94 bits per heavy atom. The van der Waals surface area contributed by atoms with Gasteiger partial charge in [-0.15, -0.1) is 0 Å². The van der Waals surface area contributed by atoms with E-state index in [0.29, 0.717) is 12.3 Å². The fraction of sp³-hybridized carbons (Fsp3) is 0.455. The monoisotopic (exact) mass is 251 g/mol. The summed E-state index contributed by atoms with van der Waals surface area (Å²) in [5, 5.41) is 22.6. The average Bonchev–Trinajstić information content (AvgIpc) is 3.12. The molecule has 1 unspecified atom stereocenters. The second-order valence-corrected chi connectivity index (χ2v) is 4.36. The van der Waals surface area contributed by atoms with Gasteiger partial charge in [0.15, 0.2) is 0 Å². The summed E-state index contributed by atoms with van der Waals surface area (Å²) in [7, 11) is 0. The molecule has 0 aromatic carbocycles. The number of nitrogens with zero attached hydrogens (tertiary/aromatic N) is 2. The van der Waals surface area contributed by atoms with Crippen LogP contribution in [0.2, 0.25) is 0 Å². The highest BCUT2D eigenvalue weighted by Gasteiger charge is 2.30. The number of carboxylic acids is 1. The summed E-state index contributed by atoms with van der Waals surface area (Å²) in [6, 6.07) is 0.625. The SMILES string of the molecule is O=C(O)C(CC1CC1)Nc1ccncc1[N+](=O)[O-]. The molecule has 1 saturated carbocycles. The van der Waals surface area contributed by atoms with E-state index in [1.165, 1.54) is 12.3 Å². The third-order valence-electron chi connectivity index (χ3n) is 2.89. The molecule has 0 bridgehead atoms. The zero-order valence-corrected chi connectivity index (χ0v) is 9.57. The minimum absolute atomic E-state index is 0.197. The highest BCUT2D eigenvalue weighted by molar-refractivity contribution is 5.78. The van der Waals surface area contributed by atoms with Gasteiger partial charge in [-0.3, -0.25) is 15.1 Å². The molecule has 96 valence electrons. The summed E-state index contributed by atoms with van der Waals surface area (Å²) in [4.78, 5) is 25.0. The topological polar surface area (TPSA) is 105 Å². The second kappa shape index (κ2) is 4.99. The van der Waals surface area contributed by atoms with Gasteiger partial charge in [0, 0.05) is 6.20 Å². The summed E-state index contributed by atoms with van der Waals surface area (Å²) in [5.41, 5.74) is -0.0115. The first-order valence-corrected chi connectivity index (χ1v) is 5.65. The number of aromatic nitrogens is 1. The average molecular weight is 251 g/mol. The van der Waals surface area contributed by atoms with E-state index in [0.717, 1.165) is 19.0 Å². The molecule has 1 aliphatic rings. The molecule has 7 nitrogen and oxygen atoms in total. The van der Waals surface area contributed by atoms with Crippen LogP contribution in [-0.2, 0) is 4.79 Å². The first-order chi connectivity index (χ1) is 8.58. The van der Waals surface area contributed by atoms with Crippen molar-refractivity contribution in [3.05, 3.63) is 28.6 Å². The van der Waals surface area contributed by atoms with Crippen LogP contribution in [0.25, 0.3) is 0 Å². The van der Waals surface area contributed by atoms with Gasteiger partial charge in [0.25, 0.3) is 0 Å². The van der Waals surface area contributed by atoms with Gasteiger partial charge in [-0.05, 0) is 18.4 Å². The fourth-order valence-corrected chi connectivity index (χ4v) is 1.75. The Morgan fingerprint density at radius 2 is 2.39 bits per heavy atom. The Kier molecular flexibility index (Phi) is 3.40. The fourth-order valence-electron chi connectivity index (χ4n) is 1.75. The Bertz CT molecular complexity index is 473. The minimum atomic E-state index is -0.993. The van der Waals surface area contributed by atoms with Crippen molar-refractivity contribution in [2.24, 2.45) is 5.92 Å². The number of nitro groups is 1. The zero-order chi connectivity index (χ0) is 13.1. The third-order valence-corrected chi connectivity index (χ3v) is 2.89. The molecule has 0 saturated heterocycles. The number of hydrogen-bond donors (Lipinski definition) is 2. The van der Waals surface area contributed by atoms with E-state index in [-0.39, 0.29) is 11.4 Å². The molecule has 1 aromatic rings. The zero-order valence-electron chi connectivity index (χ0n) is 9.57. The maximum absolute atomic E-state index is 11.1. The lowest BCUT2D eigenvalue weighted by Gasteiger charge is -2.15. The van der Waals surface area contributed by atoms with Gasteiger partial charge >= 0.3 is 11.7 Å². The van der Waals surface area contributed by atoms with Crippen LogP contribution >= 0.6 is 0 Å². The number of rotatable bonds is 6. The van der Waals surface area contributed by atoms with E-state index in [1.807, 2.05) is 0 Å². The first kappa shape index (κ1) is 12.3. The summed E-state index contributed by atoms with van der Waals surface area (Å²) in [6.07, 6.45) is 5.06. The highest BCUT2D eigenvalue weighted by Crippen LogP contribution is 2.35. The van der Waals surface area contributed by atoms with E-state index in [9.17, 15) is 14.9 Å². The summed E-state index contributed by atoms with van der Waals surface area (Å²) in [5.74, 6) is -0.576. The molecule has 1 heterocycles. The van der Waals surface area contributed by atoms with Gasteiger partial charge in [0.2, 0.25) is 0 Å². The van der Waals surface area contributed by atoms with E-state index in [1.54, 1.807) is 0 Å². The molecule has 7 heteroatoms. The van der Waals surface area contributed by atoms with E-state index in [2.05, 4.69) is 10.3 Å². The summed E-state index contributed by atoms with van der Waals surface area (Å²) in [6.45, 7) is 0. The third kappa shape index (κ3) is 2.93. The van der Waals surface area contributed by atoms with Crippen LogP contribution in [0.15, 0.2) is 18.5 Å². The molecule has 1 aromatic heterocycles. The van der Waals surface area contributed by atoms with Crippen molar-refractivity contribution < 1.29 is 14.8 Å². The number of anilines is 1. The maximum atomic E-state index is 11.1. The van der Waals surface area contributed by atoms with Gasteiger partial charge in [0.05, 0.1) is 4.92 Å². The van der Waals surface area contributed by atoms with Crippen LogP contribution in [0, 0.1) is 16.0 Å². The molecule has 1 atom stereocenters. The predicted molar refractivity (Wildman–Crippen MR) is 63.3 cm³/mol. The molecule has 2 N–H and O–H groups in total. The molecular formula is C11H13N3O4. The molecule has 1 fully saturated rings. The molecule has 0 amide bonds. The number of pyridine rings is 1. The van der Waals surface area contributed by atoms with Crippen molar-refractivity contribution in [2.45, 2.75) is 25.3 Å². The van der Waals surface area contributed by atoms with Crippen molar-refractivity contribution in [3.63, 3.8) is 0 Å². The van der Waals surface area contributed by atoms with E-state index < -0.39 is 16.9 Å². The molecule has 1 aliphatic carbocycles. The molecular weight excluding hydrogens is 238 g/mol. The number of nitrogens with one attached hydrogen (secondary N) is 1. The Balaban J connectivity index is 2.14. The normalized spacial score (nSPS) is 16.0. The lowest BCUT2D eigenvalue weighted by Crippen LogP contribution is -2.30. The molecule has 18 heavy (non-hydrogen) atoms. The van der Waals surface area contributed by atoms with E-state index in [4.69, 9.17) is 5.11 Å². The van der Waals surface area contributed by atoms with Gasteiger partial charge in [-0.2, -0.15) is 0 Å². The highest BCUT2D eigenvalue weighted by atomic mass is 16.6. The van der Waals surface area contributed by atoms with Crippen LogP contribution in [0.1, 0.15) is 19.3 Å². The minimum Gasteiger partial charge on any atom is -0.480 e. The Hall–Kier alpha value is -2.18. The quantitative estimate of drug-likeness (QED) is 0.588. The van der Waals surface area contributed by atoms with Crippen LogP contribution in [-0.4, -0.2) is 27.0 Å². The lowest BCUT2D eigenvalue weighted by molar-refractivity contribution is -0.384. The van der Waals surface area contributed by atoms with Crippen molar-refractivity contribution in [1.82, 2.24) is 4.98 Å². The number of aliphatic carboxylic acids is 1. The van der Waals surface area contributed by atoms with Gasteiger partial charge < -0.3 is 10.4 Å². The molecule has 2 rings (SSSR count). The summed E-state index contributed by atoms with van der Waals surface area (Å²) < 4.78 is 0. The standard InChI is InChI=1S/C11H13N3O4/c15-11(16)9(5-7-1-2-7)13-8-3-4-12-6-10(8)14(17)18/h3-4,6-7,9H,1-2,5H2,(H,12,13)(H,15,16). The number of hydrogen-bond acceptors (Lipinski definition) is 5. The molecule has 0 radical (unpaired) electrons. The van der Waals surface area contributed by atoms with Crippen molar-refractivity contribution in [3.8, 4) is 0 Å². The second-order valence-electron chi connectivity index (χ2n) is 4.36. The van der Waals surface area contributed by atoms with Crippen molar-refractivity contribution >= 4 is 17.3 Å². The van der Waals surface area contributed by atoms with Gasteiger partial charge in [-0.25, -0.2) is 4.79 Å². The number of carbonyl (C=O) groups is 1. The Morgan fingerprint density at radius 1 is 1.67 bits per heavy atom. The lowest BCUT2D eigenvalue weighted by atomic mass is 10.1. The first-order valence-electron chi connectivity index (χ1n) is 5.65. The molecule has 0 aliphatic heterocycles. The predicted octanol–water partition coefficient (Wildman–Crippen LogP) is 1.65. The smallest absolute Gasteiger partial charge is 0.326 e. The molecule has 0 spiro atoms. The van der Waals surface area contributed by atoms with Crippen molar-refractivity contribution in [2.75, 3.05) is 5.32 Å². The number of carboxylic acid groups (broad SMARTS) is 1. The van der Waals surface area contributed by atoms with E-state index >= 15 is 0 Å². The van der Waals surface area contributed by atoms with Crippen LogP contribution < -0.4 is 5.32 Å². The van der Waals surface area contributed by atoms with Crippen molar-refractivity contribution in [1.29, 1.82) is 0 Å². The van der Waals surface area contributed by atoms with Gasteiger partial charge in [-0.1, -0.05) is 12.8 Å².